The van der Waals surface area contributed by atoms with Crippen molar-refractivity contribution in [1.29, 1.82) is 0 Å². The first-order valence-corrected chi connectivity index (χ1v) is 11.0. The van der Waals surface area contributed by atoms with Crippen LogP contribution in [0.1, 0.15) is 12.8 Å². The van der Waals surface area contributed by atoms with Gasteiger partial charge in [0.15, 0.2) is 5.65 Å². The fraction of sp³-hybridized carbons (Fsp3) is 0.227. The lowest BCUT2D eigenvalue weighted by atomic mass is 10.2. The van der Waals surface area contributed by atoms with Crippen molar-refractivity contribution in [2.45, 2.75) is 18.0 Å². The zero-order valence-corrected chi connectivity index (χ0v) is 17.6. The van der Waals surface area contributed by atoms with Crippen molar-refractivity contribution in [3.05, 3.63) is 48.5 Å². The topological polar surface area (TPSA) is 102 Å². The number of anilines is 2. The van der Waals surface area contributed by atoms with Crippen molar-refractivity contribution in [3.8, 4) is 0 Å². The number of aryl methyl sites for hydroxylation is 1. The molecule has 2 amide bonds. The van der Waals surface area contributed by atoms with Crippen LogP contribution in [0.15, 0.2) is 53.7 Å². The number of nitrogens with zero attached hydrogens (tertiary/aromatic N) is 4. The van der Waals surface area contributed by atoms with Crippen molar-refractivity contribution < 1.29 is 9.59 Å². The van der Waals surface area contributed by atoms with E-state index in [4.69, 9.17) is 0 Å². The van der Waals surface area contributed by atoms with Gasteiger partial charge in [-0.1, -0.05) is 30.0 Å². The van der Waals surface area contributed by atoms with Gasteiger partial charge in [0, 0.05) is 29.7 Å². The number of fused-ring (bicyclic) bond motifs is 3. The molecule has 31 heavy (non-hydrogen) atoms. The monoisotopic (exact) mass is 432 g/mol. The molecule has 1 saturated carbocycles. The normalized spacial score (nSPS) is 13.5. The highest BCUT2D eigenvalue weighted by Gasteiger charge is 2.29. The quantitative estimate of drug-likeness (QED) is 0.452. The van der Waals surface area contributed by atoms with Gasteiger partial charge in [-0.15, -0.1) is 10.2 Å². The van der Waals surface area contributed by atoms with Crippen LogP contribution in [0.4, 0.5) is 11.4 Å². The fourth-order valence-corrected chi connectivity index (χ4v) is 3.99. The van der Waals surface area contributed by atoms with Gasteiger partial charge in [0.05, 0.1) is 11.3 Å². The number of rotatable bonds is 6. The Morgan fingerprint density at radius 2 is 1.74 bits per heavy atom. The third-order valence-electron chi connectivity index (χ3n) is 5.20. The van der Waals surface area contributed by atoms with Gasteiger partial charge in [0.25, 0.3) is 0 Å². The molecule has 2 heterocycles. The number of nitrogens with one attached hydrogen (secondary N) is 2. The van der Waals surface area contributed by atoms with Crippen LogP contribution in [0.3, 0.4) is 0 Å². The highest BCUT2D eigenvalue weighted by Crippen LogP contribution is 2.30. The van der Waals surface area contributed by atoms with E-state index >= 15 is 0 Å². The van der Waals surface area contributed by atoms with E-state index in [2.05, 4.69) is 25.8 Å². The number of amides is 2. The second-order valence-electron chi connectivity index (χ2n) is 7.52. The second-order valence-corrected chi connectivity index (χ2v) is 8.46. The van der Waals surface area contributed by atoms with E-state index in [-0.39, 0.29) is 23.5 Å². The zero-order valence-electron chi connectivity index (χ0n) is 16.8. The Bertz CT molecular complexity index is 1300. The van der Waals surface area contributed by atoms with Crippen molar-refractivity contribution in [2.75, 3.05) is 16.4 Å². The maximum Gasteiger partial charge on any atom is 0.234 e. The van der Waals surface area contributed by atoms with E-state index in [0.29, 0.717) is 10.8 Å². The Hall–Kier alpha value is -3.46. The van der Waals surface area contributed by atoms with Gasteiger partial charge < -0.3 is 15.2 Å². The van der Waals surface area contributed by atoms with Gasteiger partial charge in [-0.3, -0.25) is 9.59 Å². The Morgan fingerprint density at radius 3 is 2.48 bits per heavy atom. The summed E-state index contributed by atoms with van der Waals surface area (Å²) in [7, 11) is 1.94. The number of thioether (sulfide) groups is 1. The molecule has 0 unspecified atom stereocenters. The largest absolute Gasteiger partial charge is 0.327 e. The molecule has 0 aliphatic heterocycles. The highest BCUT2D eigenvalue weighted by molar-refractivity contribution is 7.99. The van der Waals surface area contributed by atoms with Crippen LogP contribution in [-0.2, 0) is 16.6 Å². The maximum absolute atomic E-state index is 12.3. The van der Waals surface area contributed by atoms with Crippen LogP contribution < -0.4 is 10.6 Å². The number of hydrogen-bond acceptors (Lipinski definition) is 6. The summed E-state index contributed by atoms with van der Waals surface area (Å²) >= 11 is 1.24. The first-order chi connectivity index (χ1) is 15.1. The van der Waals surface area contributed by atoms with Gasteiger partial charge >= 0.3 is 0 Å². The molecule has 1 aliphatic carbocycles. The molecule has 0 atom stereocenters. The second kappa shape index (κ2) is 7.99. The lowest BCUT2D eigenvalue weighted by Crippen LogP contribution is -2.15. The molecule has 0 radical (unpaired) electrons. The van der Waals surface area contributed by atoms with E-state index in [1.165, 1.54) is 11.8 Å². The zero-order chi connectivity index (χ0) is 21.4. The molecule has 0 bridgehead atoms. The molecule has 9 heteroatoms. The molecule has 0 spiro atoms. The fourth-order valence-electron chi connectivity index (χ4n) is 3.41. The minimum Gasteiger partial charge on any atom is -0.327 e. The maximum atomic E-state index is 12.3. The lowest BCUT2D eigenvalue weighted by molar-refractivity contribution is -0.117. The SMILES string of the molecule is Cn1c2ccccc2c2nnc(SCC(=O)Nc3ccc(NC(=O)C4CC4)cc3)nc21. The number of aromatic nitrogens is 4. The number of benzene rings is 2. The molecular formula is C22H20N6O2S. The summed E-state index contributed by atoms with van der Waals surface area (Å²) < 4.78 is 1.98. The summed E-state index contributed by atoms with van der Waals surface area (Å²) in [4.78, 5) is 28.7. The first-order valence-electron chi connectivity index (χ1n) is 10.00. The third-order valence-corrected chi connectivity index (χ3v) is 6.04. The van der Waals surface area contributed by atoms with E-state index in [1.54, 1.807) is 24.3 Å². The average molecular weight is 433 g/mol. The minimum absolute atomic E-state index is 0.0601. The van der Waals surface area contributed by atoms with Crippen molar-refractivity contribution in [3.63, 3.8) is 0 Å². The standard InChI is InChI=1S/C22H20N6O2S/c1-28-17-5-3-2-4-16(17)19-20(28)25-22(27-26-19)31-12-18(29)23-14-8-10-15(11-9-14)24-21(30)13-6-7-13/h2-5,8-11,13H,6-7,12H2,1H3,(H,23,29)(H,24,30). The number of carbonyl (C=O) groups is 2. The van der Waals surface area contributed by atoms with E-state index in [0.717, 1.165) is 40.6 Å². The number of para-hydroxylation sites is 1. The Morgan fingerprint density at radius 1 is 1.03 bits per heavy atom. The number of carbonyl (C=O) groups excluding carboxylic acids is 2. The molecule has 1 aliphatic rings. The van der Waals surface area contributed by atoms with Gasteiger partial charge in [0.1, 0.15) is 5.52 Å². The summed E-state index contributed by atoms with van der Waals surface area (Å²) in [5.41, 5.74) is 3.92. The van der Waals surface area contributed by atoms with Crippen LogP contribution in [-0.4, -0.2) is 37.3 Å². The van der Waals surface area contributed by atoms with Crippen LogP contribution in [0, 0.1) is 5.92 Å². The van der Waals surface area contributed by atoms with Crippen LogP contribution in [0.25, 0.3) is 22.1 Å². The smallest absolute Gasteiger partial charge is 0.234 e. The molecule has 2 aromatic carbocycles. The van der Waals surface area contributed by atoms with Gasteiger partial charge in [-0.25, -0.2) is 4.98 Å². The first kappa shape index (κ1) is 19.5. The van der Waals surface area contributed by atoms with E-state index in [1.807, 2.05) is 35.9 Å². The molecular weight excluding hydrogens is 412 g/mol. The predicted molar refractivity (Wildman–Crippen MR) is 121 cm³/mol. The summed E-state index contributed by atoms with van der Waals surface area (Å²) in [6, 6.07) is 15.0. The molecule has 156 valence electrons. The van der Waals surface area contributed by atoms with Gasteiger partial charge in [-0.05, 0) is 43.2 Å². The summed E-state index contributed by atoms with van der Waals surface area (Å²) in [5, 5.41) is 15.7. The van der Waals surface area contributed by atoms with Crippen molar-refractivity contribution in [1.82, 2.24) is 19.7 Å². The molecule has 8 nitrogen and oxygen atoms in total. The molecule has 2 N–H and O–H groups in total. The summed E-state index contributed by atoms with van der Waals surface area (Å²) in [6.45, 7) is 0. The van der Waals surface area contributed by atoms with Gasteiger partial charge in [0.2, 0.25) is 17.0 Å². The molecule has 2 aromatic heterocycles. The third kappa shape index (κ3) is 4.09. The molecule has 0 saturated heterocycles. The summed E-state index contributed by atoms with van der Waals surface area (Å²) in [5.74, 6) is 0.212. The molecule has 4 aromatic rings. The Kier molecular flexibility index (Phi) is 5.03. The van der Waals surface area contributed by atoms with Crippen LogP contribution in [0.5, 0.6) is 0 Å². The van der Waals surface area contributed by atoms with E-state index < -0.39 is 0 Å². The van der Waals surface area contributed by atoms with Gasteiger partial charge in [-0.2, -0.15) is 0 Å². The molecule has 1 fully saturated rings. The van der Waals surface area contributed by atoms with E-state index in [9.17, 15) is 9.59 Å². The predicted octanol–water partition coefficient (Wildman–Crippen LogP) is 3.60. The van der Waals surface area contributed by atoms with Crippen molar-refractivity contribution in [2.24, 2.45) is 13.0 Å². The Balaban J connectivity index is 1.21. The minimum atomic E-state index is -0.166. The van der Waals surface area contributed by atoms with Crippen LogP contribution >= 0.6 is 11.8 Å². The number of hydrogen-bond donors (Lipinski definition) is 2. The summed E-state index contributed by atoms with van der Waals surface area (Å²) in [6.07, 6.45) is 1.93. The lowest BCUT2D eigenvalue weighted by Gasteiger charge is -2.07. The van der Waals surface area contributed by atoms with Crippen LogP contribution in [0.2, 0.25) is 0 Å². The molecule has 5 rings (SSSR count). The average Bonchev–Trinajstić information content (AvgIpc) is 3.60. The highest BCUT2D eigenvalue weighted by atomic mass is 32.2. The van der Waals surface area contributed by atoms with Crippen molar-refractivity contribution >= 4 is 57.0 Å². The Labute approximate surface area is 182 Å².